The Morgan fingerprint density at radius 1 is 0.625 bits per heavy atom. The molecule has 0 aliphatic rings. The number of nitrogens with zero attached hydrogens (tertiary/aromatic N) is 1. The summed E-state index contributed by atoms with van der Waals surface area (Å²) >= 11 is 0. The fourth-order valence-electron chi connectivity index (χ4n) is 3.07. The Morgan fingerprint density at radius 3 is 1.46 bits per heavy atom. The van der Waals surface area contributed by atoms with E-state index < -0.39 is 0 Å². The SMILES string of the molecule is [CH2]C(=O)N(c1ccc2ccccc2c1)c1ccc2ccccc2c1. The molecule has 0 heterocycles. The zero-order valence-electron chi connectivity index (χ0n) is 13.1. The van der Waals surface area contributed by atoms with Gasteiger partial charge in [0.25, 0.3) is 0 Å². The largest absolute Gasteiger partial charge is 0.281 e. The first kappa shape index (κ1) is 14.5. The van der Waals surface area contributed by atoms with Gasteiger partial charge in [-0.25, -0.2) is 0 Å². The highest BCUT2D eigenvalue weighted by Crippen LogP contribution is 2.30. The second kappa shape index (κ2) is 5.82. The third-order valence-corrected chi connectivity index (χ3v) is 4.23. The lowest BCUT2D eigenvalue weighted by molar-refractivity contribution is -0.113. The van der Waals surface area contributed by atoms with Crippen molar-refractivity contribution in [2.24, 2.45) is 0 Å². The molecular weight excluding hydrogens is 294 g/mol. The van der Waals surface area contributed by atoms with Crippen molar-refractivity contribution >= 4 is 38.8 Å². The molecule has 4 aromatic rings. The van der Waals surface area contributed by atoms with Crippen LogP contribution in [0.15, 0.2) is 84.9 Å². The van der Waals surface area contributed by atoms with Crippen LogP contribution in [0.1, 0.15) is 0 Å². The summed E-state index contributed by atoms with van der Waals surface area (Å²) in [7, 11) is 0. The Morgan fingerprint density at radius 2 is 1.04 bits per heavy atom. The molecule has 115 valence electrons. The second-order valence-corrected chi connectivity index (χ2v) is 5.79. The average molecular weight is 310 g/mol. The predicted octanol–water partition coefficient (Wildman–Crippen LogP) is 5.49. The highest BCUT2D eigenvalue weighted by atomic mass is 16.2. The molecule has 2 nitrogen and oxygen atoms in total. The maximum atomic E-state index is 12.2. The summed E-state index contributed by atoms with van der Waals surface area (Å²) in [6.07, 6.45) is 0. The van der Waals surface area contributed by atoms with Gasteiger partial charge in [-0.05, 0) is 45.8 Å². The lowest BCUT2D eigenvalue weighted by atomic mass is 10.1. The van der Waals surface area contributed by atoms with Crippen LogP contribution >= 0.6 is 0 Å². The first-order chi connectivity index (χ1) is 11.7. The molecule has 0 spiro atoms. The van der Waals surface area contributed by atoms with Crippen molar-refractivity contribution in [1.82, 2.24) is 0 Å². The van der Waals surface area contributed by atoms with Crippen LogP contribution in [0.4, 0.5) is 11.4 Å². The zero-order chi connectivity index (χ0) is 16.5. The Hall–Kier alpha value is -3.13. The highest BCUT2D eigenvalue weighted by molar-refractivity contribution is 6.05. The van der Waals surface area contributed by atoms with Crippen LogP contribution in [0, 0.1) is 6.92 Å². The highest BCUT2D eigenvalue weighted by Gasteiger charge is 2.15. The van der Waals surface area contributed by atoms with E-state index >= 15 is 0 Å². The van der Waals surface area contributed by atoms with Crippen molar-refractivity contribution in [3.63, 3.8) is 0 Å². The van der Waals surface area contributed by atoms with Gasteiger partial charge in [0.1, 0.15) is 0 Å². The molecule has 24 heavy (non-hydrogen) atoms. The van der Waals surface area contributed by atoms with Crippen LogP contribution in [0.25, 0.3) is 21.5 Å². The maximum Gasteiger partial charge on any atom is 0.232 e. The van der Waals surface area contributed by atoms with Crippen LogP contribution in [0.2, 0.25) is 0 Å². The van der Waals surface area contributed by atoms with Crippen molar-refractivity contribution in [1.29, 1.82) is 0 Å². The quantitative estimate of drug-likeness (QED) is 0.479. The first-order valence-corrected chi connectivity index (χ1v) is 7.86. The number of carbonyl (C=O) groups excluding carboxylic acids is 1. The van der Waals surface area contributed by atoms with Crippen LogP contribution in [-0.2, 0) is 4.79 Å². The smallest absolute Gasteiger partial charge is 0.232 e. The van der Waals surface area contributed by atoms with E-state index in [1.54, 1.807) is 4.90 Å². The number of amides is 1. The molecule has 2 heteroatoms. The number of hydrogen-bond acceptors (Lipinski definition) is 1. The van der Waals surface area contributed by atoms with Gasteiger partial charge in [0, 0.05) is 18.3 Å². The van der Waals surface area contributed by atoms with E-state index in [4.69, 9.17) is 0 Å². The molecule has 0 saturated carbocycles. The lowest BCUT2D eigenvalue weighted by Gasteiger charge is -2.22. The summed E-state index contributed by atoms with van der Waals surface area (Å²) in [6.45, 7) is 3.64. The average Bonchev–Trinajstić information content (AvgIpc) is 2.61. The van der Waals surface area contributed by atoms with Crippen molar-refractivity contribution < 1.29 is 4.79 Å². The van der Waals surface area contributed by atoms with Gasteiger partial charge in [-0.3, -0.25) is 9.69 Å². The van der Waals surface area contributed by atoms with Gasteiger partial charge in [0.15, 0.2) is 0 Å². The van der Waals surface area contributed by atoms with Gasteiger partial charge in [0.2, 0.25) is 5.91 Å². The van der Waals surface area contributed by atoms with Crippen molar-refractivity contribution in [3.8, 4) is 0 Å². The zero-order valence-corrected chi connectivity index (χ0v) is 13.1. The molecule has 0 saturated heterocycles. The topological polar surface area (TPSA) is 20.3 Å². The lowest BCUT2D eigenvalue weighted by Crippen LogP contribution is -2.22. The van der Waals surface area contributed by atoms with Gasteiger partial charge < -0.3 is 0 Å². The molecule has 0 aromatic heterocycles. The molecule has 0 fully saturated rings. The fraction of sp³-hybridized carbons (Fsp3) is 0. The summed E-state index contributed by atoms with van der Waals surface area (Å²) < 4.78 is 0. The molecule has 0 atom stereocenters. The number of fused-ring (bicyclic) bond motifs is 2. The van der Waals surface area contributed by atoms with Crippen LogP contribution < -0.4 is 4.90 Å². The van der Waals surface area contributed by atoms with E-state index in [0.717, 1.165) is 32.9 Å². The molecule has 0 aliphatic carbocycles. The van der Waals surface area contributed by atoms with E-state index in [0.29, 0.717) is 0 Å². The summed E-state index contributed by atoms with van der Waals surface area (Å²) in [6, 6.07) is 28.3. The monoisotopic (exact) mass is 310 g/mol. The van der Waals surface area contributed by atoms with E-state index in [9.17, 15) is 4.79 Å². The Kier molecular flexibility index (Phi) is 3.51. The number of rotatable bonds is 2. The third kappa shape index (κ3) is 2.52. The number of hydrogen-bond donors (Lipinski definition) is 0. The van der Waals surface area contributed by atoms with Crippen molar-refractivity contribution in [2.75, 3.05) is 4.90 Å². The Labute approximate surface area is 141 Å². The predicted molar refractivity (Wildman–Crippen MR) is 100 cm³/mol. The van der Waals surface area contributed by atoms with Gasteiger partial charge in [-0.2, -0.15) is 0 Å². The summed E-state index contributed by atoms with van der Waals surface area (Å²) in [4.78, 5) is 13.9. The molecular formula is C22H16NO. The van der Waals surface area contributed by atoms with Crippen molar-refractivity contribution in [3.05, 3.63) is 91.9 Å². The molecule has 1 radical (unpaired) electrons. The maximum absolute atomic E-state index is 12.2. The minimum Gasteiger partial charge on any atom is -0.281 e. The van der Waals surface area contributed by atoms with Gasteiger partial charge in [-0.1, -0.05) is 60.7 Å². The number of benzene rings is 4. The fourth-order valence-corrected chi connectivity index (χ4v) is 3.07. The summed E-state index contributed by atoms with van der Waals surface area (Å²) in [5.41, 5.74) is 1.65. The minimum atomic E-state index is -0.249. The van der Waals surface area contributed by atoms with Crippen LogP contribution in [0.3, 0.4) is 0 Å². The summed E-state index contributed by atoms with van der Waals surface area (Å²) in [5, 5.41) is 4.50. The normalized spacial score (nSPS) is 10.9. The Balaban J connectivity index is 1.86. The van der Waals surface area contributed by atoms with E-state index in [1.807, 2.05) is 72.8 Å². The second-order valence-electron chi connectivity index (χ2n) is 5.79. The van der Waals surface area contributed by atoms with Gasteiger partial charge in [0.05, 0.1) is 0 Å². The molecule has 0 unspecified atom stereocenters. The van der Waals surface area contributed by atoms with Gasteiger partial charge in [-0.15, -0.1) is 0 Å². The van der Waals surface area contributed by atoms with E-state index in [2.05, 4.69) is 19.1 Å². The minimum absolute atomic E-state index is 0.249. The van der Waals surface area contributed by atoms with Gasteiger partial charge >= 0.3 is 0 Å². The summed E-state index contributed by atoms with van der Waals surface area (Å²) in [5.74, 6) is -0.249. The molecule has 4 aromatic carbocycles. The van der Waals surface area contributed by atoms with E-state index in [-0.39, 0.29) is 5.91 Å². The standard InChI is InChI=1S/C22H16NO/c1-16(24)23(21-12-10-17-6-2-4-8-19(17)14-21)22-13-11-18-7-3-5-9-20(18)15-22/h2-15H,1H2. The molecule has 0 aliphatic heterocycles. The number of anilines is 2. The van der Waals surface area contributed by atoms with Crippen molar-refractivity contribution in [2.45, 2.75) is 0 Å². The molecule has 0 bridgehead atoms. The Bertz CT molecular complexity index is 972. The molecule has 0 N–H and O–H groups in total. The third-order valence-electron chi connectivity index (χ3n) is 4.23. The van der Waals surface area contributed by atoms with Crippen LogP contribution in [-0.4, -0.2) is 5.91 Å². The van der Waals surface area contributed by atoms with E-state index in [1.165, 1.54) is 0 Å². The molecule has 1 amide bonds. The number of carbonyl (C=O) groups is 1. The molecule has 4 rings (SSSR count). The van der Waals surface area contributed by atoms with Crippen LogP contribution in [0.5, 0.6) is 0 Å². The first-order valence-electron chi connectivity index (χ1n) is 7.86.